The fourth-order valence-corrected chi connectivity index (χ4v) is 3.03. The molecular weight excluding hydrogens is 362 g/mol. The zero-order chi connectivity index (χ0) is 19.1. The highest BCUT2D eigenvalue weighted by Gasteiger charge is 2.15. The summed E-state index contributed by atoms with van der Waals surface area (Å²) in [5.41, 5.74) is 2.25. The van der Waals surface area contributed by atoms with Crippen LogP contribution in [-0.4, -0.2) is 29.3 Å². The number of furan rings is 1. The van der Waals surface area contributed by atoms with Gasteiger partial charge < -0.3 is 14.3 Å². The van der Waals surface area contributed by atoms with Crippen LogP contribution in [0.15, 0.2) is 71.3 Å². The number of halogens is 1. The van der Waals surface area contributed by atoms with Gasteiger partial charge in [-0.15, -0.1) is 0 Å². The van der Waals surface area contributed by atoms with Crippen LogP contribution in [-0.2, 0) is 13.1 Å². The predicted molar refractivity (Wildman–Crippen MR) is 107 cm³/mol. The molecule has 5 heteroatoms. The minimum Gasteiger partial charge on any atom is -0.491 e. The Kier molecular flexibility index (Phi) is 6.93. The van der Waals surface area contributed by atoms with Crippen molar-refractivity contribution in [3.63, 3.8) is 0 Å². The highest BCUT2D eigenvalue weighted by molar-refractivity contribution is 6.30. The summed E-state index contributed by atoms with van der Waals surface area (Å²) < 4.78 is 11.2. The van der Waals surface area contributed by atoms with Crippen molar-refractivity contribution in [1.29, 1.82) is 0 Å². The smallest absolute Gasteiger partial charge is 0.119 e. The SMILES string of the molecule is Cc1cccc(OCC(O)CN(Cc2ccc(Cl)cc2)Cc2ccco2)c1. The molecule has 0 bridgehead atoms. The number of benzene rings is 2. The van der Waals surface area contributed by atoms with Crippen LogP contribution < -0.4 is 4.74 Å². The molecule has 0 spiro atoms. The highest BCUT2D eigenvalue weighted by Crippen LogP contribution is 2.16. The zero-order valence-corrected chi connectivity index (χ0v) is 16.1. The van der Waals surface area contributed by atoms with Gasteiger partial charge in [0, 0.05) is 18.1 Å². The minimum absolute atomic E-state index is 0.235. The van der Waals surface area contributed by atoms with Gasteiger partial charge in [-0.3, -0.25) is 4.90 Å². The van der Waals surface area contributed by atoms with Crippen molar-refractivity contribution in [3.05, 3.63) is 88.8 Å². The Morgan fingerprint density at radius 3 is 2.59 bits per heavy atom. The number of ether oxygens (including phenoxy) is 1. The molecule has 3 aromatic rings. The second kappa shape index (κ2) is 9.60. The minimum atomic E-state index is -0.618. The normalized spacial score (nSPS) is 12.3. The lowest BCUT2D eigenvalue weighted by atomic mass is 10.2. The van der Waals surface area contributed by atoms with E-state index in [0.29, 0.717) is 24.7 Å². The highest BCUT2D eigenvalue weighted by atomic mass is 35.5. The number of rotatable bonds is 9. The van der Waals surface area contributed by atoms with Crippen molar-refractivity contribution in [1.82, 2.24) is 4.90 Å². The van der Waals surface area contributed by atoms with Crippen LogP contribution in [0, 0.1) is 6.92 Å². The lowest BCUT2D eigenvalue weighted by Crippen LogP contribution is -2.35. The first-order valence-corrected chi connectivity index (χ1v) is 9.33. The molecule has 142 valence electrons. The maximum Gasteiger partial charge on any atom is 0.119 e. The monoisotopic (exact) mass is 385 g/mol. The number of aryl methyl sites for hydroxylation is 1. The Morgan fingerprint density at radius 2 is 1.89 bits per heavy atom. The van der Waals surface area contributed by atoms with Crippen LogP contribution in [0.3, 0.4) is 0 Å². The Bertz CT molecular complexity index is 818. The van der Waals surface area contributed by atoms with Crippen LogP contribution in [0.2, 0.25) is 5.02 Å². The van der Waals surface area contributed by atoms with E-state index in [9.17, 15) is 5.11 Å². The summed E-state index contributed by atoms with van der Waals surface area (Å²) in [5, 5.41) is 11.2. The predicted octanol–water partition coefficient (Wildman–Crippen LogP) is 4.68. The van der Waals surface area contributed by atoms with Crippen LogP contribution in [0.25, 0.3) is 0 Å². The molecule has 0 saturated carbocycles. The molecule has 27 heavy (non-hydrogen) atoms. The molecule has 0 aliphatic heterocycles. The molecule has 2 aromatic carbocycles. The molecule has 4 nitrogen and oxygen atoms in total. The first-order valence-electron chi connectivity index (χ1n) is 8.95. The number of nitrogens with zero attached hydrogens (tertiary/aromatic N) is 1. The van der Waals surface area contributed by atoms with Gasteiger partial charge in [0.25, 0.3) is 0 Å². The number of hydrogen-bond acceptors (Lipinski definition) is 4. The van der Waals surface area contributed by atoms with Crippen molar-refractivity contribution in [3.8, 4) is 5.75 Å². The van der Waals surface area contributed by atoms with Gasteiger partial charge in [-0.25, -0.2) is 0 Å². The molecule has 1 unspecified atom stereocenters. The second-order valence-corrected chi connectivity index (χ2v) is 7.09. The Balaban J connectivity index is 1.60. The van der Waals surface area contributed by atoms with Crippen molar-refractivity contribution in [2.75, 3.05) is 13.2 Å². The van der Waals surface area contributed by atoms with E-state index in [-0.39, 0.29) is 6.61 Å². The third-order valence-corrected chi connectivity index (χ3v) is 4.43. The Morgan fingerprint density at radius 1 is 1.07 bits per heavy atom. The van der Waals surface area contributed by atoms with E-state index in [4.69, 9.17) is 20.8 Å². The number of hydrogen-bond donors (Lipinski definition) is 1. The van der Waals surface area contributed by atoms with Gasteiger partial charge in [0.2, 0.25) is 0 Å². The van der Waals surface area contributed by atoms with E-state index >= 15 is 0 Å². The fourth-order valence-electron chi connectivity index (χ4n) is 2.90. The van der Waals surface area contributed by atoms with E-state index < -0.39 is 6.10 Å². The topological polar surface area (TPSA) is 45.8 Å². The lowest BCUT2D eigenvalue weighted by molar-refractivity contribution is 0.0604. The number of aliphatic hydroxyl groups is 1. The van der Waals surface area contributed by atoms with Crippen molar-refractivity contribution >= 4 is 11.6 Å². The third-order valence-electron chi connectivity index (χ3n) is 4.18. The van der Waals surface area contributed by atoms with Gasteiger partial charge in [0.15, 0.2) is 0 Å². The summed E-state index contributed by atoms with van der Waals surface area (Å²) in [4.78, 5) is 2.13. The van der Waals surface area contributed by atoms with Crippen LogP contribution in [0.4, 0.5) is 0 Å². The van der Waals surface area contributed by atoms with E-state index in [0.717, 1.165) is 22.6 Å². The first-order chi connectivity index (χ1) is 13.1. The molecule has 0 aliphatic rings. The van der Waals surface area contributed by atoms with Crippen LogP contribution in [0.1, 0.15) is 16.9 Å². The molecule has 1 heterocycles. The summed E-state index contributed by atoms with van der Waals surface area (Å²) in [6, 6.07) is 19.4. The average molecular weight is 386 g/mol. The van der Waals surface area contributed by atoms with E-state index in [1.165, 1.54) is 0 Å². The number of aliphatic hydroxyl groups excluding tert-OH is 1. The van der Waals surface area contributed by atoms with Crippen molar-refractivity contribution in [2.45, 2.75) is 26.1 Å². The molecule has 0 saturated heterocycles. The lowest BCUT2D eigenvalue weighted by Gasteiger charge is -2.24. The van der Waals surface area contributed by atoms with Gasteiger partial charge in [-0.05, 0) is 54.4 Å². The van der Waals surface area contributed by atoms with Crippen LogP contribution >= 0.6 is 11.6 Å². The maximum atomic E-state index is 10.5. The summed E-state index contributed by atoms with van der Waals surface area (Å²) in [6.45, 7) is 4.00. The van der Waals surface area contributed by atoms with Gasteiger partial charge in [-0.2, -0.15) is 0 Å². The molecule has 0 amide bonds. The van der Waals surface area contributed by atoms with Crippen LogP contribution in [0.5, 0.6) is 5.75 Å². The van der Waals surface area contributed by atoms with Crippen molar-refractivity contribution < 1.29 is 14.3 Å². The van der Waals surface area contributed by atoms with Gasteiger partial charge >= 0.3 is 0 Å². The zero-order valence-electron chi connectivity index (χ0n) is 15.3. The summed E-state index contributed by atoms with van der Waals surface area (Å²) in [6.07, 6.45) is 1.04. The van der Waals surface area contributed by atoms with Gasteiger partial charge in [0.1, 0.15) is 24.2 Å². The van der Waals surface area contributed by atoms with Gasteiger partial charge in [0.05, 0.1) is 12.8 Å². The third kappa shape index (κ3) is 6.43. The summed E-state index contributed by atoms with van der Waals surface area (Å²) >= 11 is 5.97. The van der Waals surface area contributed by atoms with Crippen molar-refractivity contribution in [2.24, 2.45) is 0 Å². The second-order valence-electron chi connectivity index (χ2n) is 6.66. The van der Waals surface area contributed by atoms with E-state index in [1.54, 1.807) is 6.26 Å². The Hall–Kier alpha value is -2.27. The molecule has 1 atom stereocenters. The summed E-state index contributed by atoms with van der Waals surface area (Å²) in [7, 11) is 0. The average Bonchev–Trinajstić information content (AvgIpc) is 3.15. The maximum absolute atomic E-state index is 10.5. The Labute approximate surface area is 165 Å². The molecule has 0 fully saturated rings. The molecule has 0 aliphatic carbocycles. The fraction of sp³-hybridized carbons (Fsp3) is 0.273. The van der Waals surface area contributed by atoms with E-state index in [1.807, 2.05) is 67.6 Å². The first kappa shape index (κ1) is 19.5. The van der Waals surface area contributed by atoms with E-state index in [2.05, 4.69) is 4.90 Å². The molecule has 3 rings (SSSR count). The largest absolute Gasteiger partial charge is 0.491 e. The van der Waals surface area contributed by atoms with Gasteiger partial charge in [-0.1, -0.05) is 35.9 Å². The molecule has 0 radical (unpaired) electrons. The molecule has 1 N–H and O–H groups in total. The standard InChI is InChI=1S/C22H24ClNO3/c1-17-4-2-5-21(12-17)27-16-20(25)14-24(15-22-6-3-11-26-22)13-18-7-9-19(23)10-8-18/h2-12,20,25H,13-16H2,1H3. The molecular formula is C22H24ClNO3. The molecule has 1 aromatic heterocycles. The summed E-state index contributed by atoms with van der Waals surface area (Å²) in [5.74, 6) is 1.63. The quantitative estimate of drug-likeness (QED) is 0.580.